The molecule has 0 spiro atoms. The summed E-state index contributed by atoms with van der Waals surface area (Å²) in [5.74, 6) is 0.611. The number of phenols is 2. The first-order valence-corrected chi connectivity index (χ1v) is 8.34. The van der Waals surface area contributed by atoms with E-state index in [1.807, 2.05) is 12.1 Å². The van der Waals surface area contributed by atoms with E-state index in [4.69, 9.17) is 0 Å². The van der Waals surface area contributed by atoms with Gasteiger partial charge in [0.05, 0.1) is 0 Å². The highest BCUT2D eigenvalue weighted by Gasteiger charge is 2.32. The number of rotatable bonds is 0. The average molecular weight is 310 g/mol. The molecule has 2 heteroatoms. The van der Waals surface area contributed by atoms with Crippen LogP contribution in [0, 0.1) is 0 Å². The third-order valence-corrected chi connectivity index (χ3v) is 5.39. The number of fused-ring (bicyclic) bond motifs is 2. The Morgan fingerprint density at radius 3 is 1.48 bits per heavy atom. The molecule has 0 unspecified atom stereocenters. The van der Waals surface area contributed by atoms with Crippen molar-refractivity contribution in [3.63, 3.8) is 0 Å². The fourth-order valence-corrected chi connectivity index (χ4v) is 3.87. The third-order valence-electron chi connectivity index (χ3n) is 5.39. The fraction of sp³-hybridized carbons (Fsp3) is 0.429. The molecule has 0 bridgehead atoms. The Bertz CT molecular complexity index is 678. The van der Waals surface area contributed by atoms with Crippen LogP contribution in [0.2, 0.25) is 0 Å². The SMILES string of the molecule is CC1(C)CCC(C)(C)c2ccc(O)cc2Cc2cc(O)ccc21. The lowest BCUT2D eigenvalue weighted by Crippen LogP contribution is -2.24. The Kier molecular flexibility index (Phi) is 3.66. The molecule has 0 saturated heterocycles. The topological polar surface area (TPSA) is 40.5 Å². The number of hydrogen-bond acceptors (Lipinski definition) is 2. The molecule has 0 atom stereocenters. The summed E-state index contributed by atoms with van der Waals surface area (Å²) >= 11 is 0. The molecular formula is C21H26O2. The smallest absolute Gasteiger partial charge is 0.115 e. The van der Waals surface area contributed by atoms with Crippen LogP contribution in [0.1, 0.15) is 62.8 Å². The first kappa shape index (κ1) is 15.9. The van der Waals surface area contributed by atoms with Gasteiger partial charge in [-0.15, -0.1) is 0 Å². The van der Waals surface area contributed by atoms with Crippen LogP contribution in [-0.2, 0) is 17.3 Å². The second-order valence-electron chi connectivity index (χ2n) is 8.13. The molecule has 3 rings (SSSR count). The van der Waals surface area contributed by atoms with Crippen molar-refractivity contribution >= 4 is 0 Å². The molecule has 23 heavy (non-hydrogen) atoms. The monoisotopic (exact) mass is 310 g/mol. The minimum absolute atomic E-state index is 0.0599. The summed E-state index contributed by atoms with van der Waals surface area (Å²) in [6.45, 7) is 9.14. The molecule has 1 aliphatic carbocycles. The van der Waals surface area contributed by atoms with Crippen molar-refractivity contribution in [1.82, 2.24) is 0 Å². The van der Waals surface area contributed by atoms with E-state index < -0.39 is 0 Å². The zero-order valence-electron chi connectivity index (χ0n) is 14.5. The fourth-order valence-electron chi connectivity index (χ4n) is 3.87. The Hall–Kier alpha value is -1.96. The third kappa shape index (κ3) is 2.95. The molecule has 0 saturated carbocycles. The molecule has 0 aliphatic heterocycles. The van der Waals surface area contributed by atoms with E-state index in [1.54, 1.807) is 12.1 Å². The van der Waals surface area contributed by atoms with Crippen molar-refractivity contribution in [3.05, 3.63) is 58.7 Å². The van der Waals surface area contributed by atoms with Gasteiger partial charge in [0, 0.05) is 0 Å². The molecule has 122 valence electrons. The summed E-state index contributed by atoms with van der Waals surface area (Å²) in [5.41, 5.74) is 5.01. The first-order valence-electron chi connectivity index (χ1n) is 8.34. The van der Waals surface area contributed by atoms with Crippen molar-refractivity contribution in [3.8, 4) is 11.5 Å². The highest BCUT2D eigenvalue weighted by atomic mass is 16.3. The largest absolute Gasteiger partial charge is 0.508 e. The summed E-state index contributed by atoms with van der Waals surface area (Å²) in [5, 5.41) is 19.9. The Morgan fingerprint density at radius 2 is 1.09 bits per heavy atom. The standard InChI is InChI=1S/C21H26O2/c1-20(2)9-10-21(3,4)19-8-6-17(23)13-15(19)11-14-12-16(22)5-7-18(14)20/h5-8,12-13,22-23H,9-11H2,1-4H3. The van der Waals surface area contributed by atoms with Gasteiger partial charge in [-0.25, -0.2) is 0 Å². The van der Waals surface area contributed by atoms with Crippen LogP contribution in [0.4, 0.5) is 0 Å². The minimum atomic E-state index is 0.0599. The highest BCUT2D eigenvalue weighted by Crippen LogP contribution is 2.42. The lowest BCUT2D eigenvalue weighted by atomic mass is 9.73. The van der Waals surface area contributed by atoms with E-state index >= 15 is 0 Å². The van der Waals surface area contributed by atoms with Gasteiger partial charge in [-0.05, 0) is 76.6 Å². The van der Waals surface area contributed by atoms with E-state index in [9.17, 15) is 10.2 Å². The summed E-state index contributed by atoms with van der Waals surface area (Å²) < 4.78 is 0. The van der Waals surface area contributed by atoms with Gasteiger partial charge in [-0.2, -0.15) is 0 Å². The lowest BCUT2D eigenvalue weighted by molar-refractivity contribution is 0.375. The molecule has 0 heterocycles. The molecule has 2 aromatic rings. The summed E-state index contributed by atoms with van der Waals surface area (Å²) in [7, 11) is 0. The predicted molar refractivity (Wildman–Crippen MR) is 94.3 cm³/mol. The number of benzene rings is 2. The van der Waals surface area contributed by atoms with Crippen LogP contribution in [0.5, 0.6) is 11.5 Å². The van der Waals surface area contributed by atoms with Gasteiger partial charge in [0.15, 0.2) is 0 Å². The van der Waals surface area contributed by atoms with Crippen LogP contribution >= 0.6 is 0 Å². The normalized spacial score (nSPS) is 19.0. The van der Waals surface area contributed by atoms with E-state index in [-0.39, 0.29) is 10.8 Å². The number of aromatic hydroxyl groups is 2. The quantitative estimate of drug-likeness (QED) is 0.716. The summed E-state index contributed by atoms with van der Waals surface area (Å²) in [4.78, 5) is 0. The minimum Gasteiger partial charge on any atom is -0.508 e. The van der Waals surface area contributed by atoms with Crippen molar-refractivity contribution in [1.29, 1.82) is 0 Å². The van der Waals surface area contributed by atoms with Gasteiger partial charge < -0.3 is 10.2 Å². The van der Waals surface area contributed by atoms with Crippen LogP contribution in [0.15, 0.2) is 36.4 Å². The predicted octanol–water partition coefficient (Wildman–Crippen LogP) is 5.04. The van der Waals surface area contributed by atoms with Crippen LogP contribution in [0.25, 0.3) is 0 Å². The first-order chi connectivity index (χ1) is 10.7. The van der Waals surface area contributed by atoms with Gasteiger partial charge >= 0.3 is 0 Å². The Labute approximate surface area is 138 Å². The second-order valence-corrected chi connectivity index (χ2v) is 8.13. The maximum Gasteiger partial charge on any atom is 0.115 e. The summed E-state index contributed by atoms with van der Waals surface area (Å²) in [6.07, 6.45) is 2.90. The Balaban J connectivity index is 2.23. The maximum atomic E-state index is 9.95. The molecular weight excluding hydrogens is 284 g/mol. The van der Waals surface area contributed by atoms with E-state index in [1.165, 1.54) is 11.1 Å². The second kappa shape index (κ2) is 5.30. The maximum absolute atomic E-state index is 9.95. The van der Waals surface area contributed by atoms with Crippen molar-refractivity contribution in [2.75, 3.05) is 0 Å². The lowest BCUT2D eigenvalue weighted by Gasteiger charge is -2.32. The van der Waals surface area contributed by atoms with E-state index in [0.717, 1.165) is 30.4 Å². The van der Waals surface area contributed by atoms with Gasteiger partial charge in [0.2, 0.25) is 0 Å². The molecule has 0 fully saturated rings. The van der Waals surface area contributed by atoms with E-state index in [0.29, 0.717) is 11.5 Å². The van der Waals surface area contributed by atoms with Crippen LogP contribution < -0.4 is 0 Å². The van der Waals surface area contributed by atoms with Crippen LogP contribution in [-0.4, -0.2) is 10.2 Å². The number of phenolic OH excluding ortho intramolecular Hbond substituents is 2. The van der Waals surface area contributed by atoms with Gasteiger partial charge in [0.1, 0.15) is 11.5 Å². The number of hydrogen-bond donors (Lipinski definition) is 2. The zero-order chi connectivity index (χ0) is 16.8. The van der Waals surface area contributed by atoms with E-state index in [2.05, 4.69) is 39.8 Å². The Morgan fingerprint density at radius 1 is 0.696 bits per heavy atom. The van der Waals surface area contributed by atoms with Gasteiger partial charge in [-0.3, -0.25) is 0 Å². The molecule has 0 amide bonds. The van der Waals surface area contributed by atoms with Crippen molar-refractivity contribution in [2.45, 2.75) is 57.8 Å². The molecule has 2 aromatic carbocycles. The zero-order valence-corrected chi connectivity index (χ0v) is 14.5. The van der Waals surface area contributed by atoms with Gasteiger partial charge in [0.25, 0.3) is 0 Å². The van der Waals surface area contributed by atoms with Crippen molar-refractivity contribution in [2.24, 2.45) is 0 Å². The van der Waals surface area contributed by atoms with Crippen LogP contribution in [0.3, 0.4) is 0 Å². The van der Waals surface area contributed by atoms with Crippen molar-refractivity contribution < 1.29 is 10.2 Å². The molecule has 2 N–H and O–H groups in total. The van der Waals surface area contributed by atoms with Gasteiger partial charge in [-0.1, -0.05) is 39.8 Å². The summed E-state index contributed by atoms with van der Waals surface area (Å²) in [6, 6.07) is 11.4. The molecule has 0 radical (unpaired) electrons. The average Bonchev–Trinajstić information content (AvgIpc) is 2.47. The molecule has 1 aliphatic rings. The highest BCUT2D eigenvalue weighted by molar-refractivity contribution is 5.47. The molecule has 0 aromatic heterocycles. The molecule has 2 nitrogen and oxygen atoms in total.